The molecule has 2 aliphatic heterocycles. The molecule has 8 nitrogen and oxygen atoms in total. The van der Waals surface area contributed by atoms with Gasteiger partial charge in [-0.15, -0.1) is 0 Å². The Labute approximate surface area is 151 Å². The number of hydrogen-bond acceptors (Lipinski definition) is 4. The number of rotatable bonds is 2. The topological polar surface area (TPSA) is 78.2 Å². The fourth-order valence-corrected chi connectivity index (χ4v) is 3.75. The lowest BCUT2D eigenvalue weighted by atomic mass is 10.1. The molecule has 0 spiro atoms. The maximum Gasteiger partial charge on any atom is 0.247 e. The molecule has 3 amide bonds. The van der Waals surface area contributed by atoms with Gasteiger partial charge in [0.15, 0.2) is 0 Å². The lowest BCUT2D eigenvalue weighted by Gasteiger charge is -2.45. The predicted octanol–water partition coefficient (Wildman–Crippen LogP) is -0.303. The van der Waals surface area contributed by atoms with E-state index in [9.17, 15) is 14.4 Å². The second kappa shape index (κ2) is 6.12. The summed E-state index contributed by atoms with van der Waals surface area (Å²) >= 11 is 0. The molecule has 0 N–H and O–H groups in total. The molecule has 4 rings (SSSR count). The molecule has 0 aromatic carbocycles. The van der Waals surface area contributed by atoms with Gasteiger partial charge in [-0.2, -0.15) is 0 Å². The molecule has 0 aliphatic carbocycles. The van der Waals surface area contributed by atoms with Gasteiger partial charge in [0, 0.05) is 32.5 Å². The van der Waals surface area contributed by atoms with E-state index >= 15 is 0 Å². The maximum absolute atomic E-state index is 12.8. The van der Waals surface area contributed by atoms with E-state index in [0.29, 0.717) is 13.1 Å². The summed E-state index contributed by atoms with van der Waals surface area (Å²) in [4.78, 5) is 46.4. The minimum atomic E-state index is -0.566. The molecule has 26 heavy (non-hydrogen) atoms. The Morgan fingerprint density at radius 2 is 2.12 bits per heavy atom. The third kappa shape index (κ3) is 2.61. The number of nitrogens with zero attached hydrogens (tertiary/aromatic N) is 5. The number of aromatic nitrogens is 2. The Morgan fingerprint density at radius 1 is 1.31 bits per heavy atom. The van der Waals surface area contributed by atoms with Crippen molar-refractivity contribution < 1.29 is 14.4 Å². The Morgan fingerprint density at radius 3 is 2.92 bits per heavy atom. The number of fused-ring (bicyclic) bond motifs is 2. The van der Waals surface area contributed by atoms with Crippen LogP contribution in [0.25, 0.3) is 5.65 Å². The van der Waals surface area contributed by atoms with Gasteiger partial charge >= 0.3 is 0 Å². The van der Waals surface area contributed by atoms with Crippen LogP contribution in [-0.4, -0.2) is 81.1 Å². The zero-order valence-electron chi connectivity index (χ0n) is 14.9. The summed E-state index contributed by atoms with van der Waals surface area (Å²) in [6.07, 6.45) is 3.84. The summed E-state index contributed by atoms with van der Waals surface area (Å²) in [6, 6.07) is 3.34. The Balaban J connectivity index is 1.51. The molecule has 136 valence electrons. The first kappa shape index (κ1) is 16.6. The molecule has 2 saturated heterocycles. The standard InChI is InChI=1S/C18H21N5O3/c1-12-4-3-5-22-13(9-19-17(12)22)8-15(24)21-6-7-23-14(10-21)18(26)20(2)11-16(23)25/h3-5,9,14H,6-8,10-11H2,1-2H3. The summed E-state index contributed by atoms with van der Waals surface area (Å²) in [5.41, 5.74) is 2.71. The van der Waals surface area contributed by atoms with Gasteiger partial charge < -0.3 is 19.1 Å². The van der Waals surface area contributed by atoms with Crippen molar-refractivity contribution in [3.8, 4) is 0 Å². The van der Waals surface area contributed by atoms with Gasteiger partial charge in [-0.1, -0.05) is 6.07 Å². The molecule has 2 aliphatic rings. The van der Waals surface area contributed by atoms with Gasteiger partial charge in [0.1, 0.15) is 11.7 Å². The number of pyridine rings is 1. The zero-order chi connectivity index (χ0) is 18.4. The maximum atomic E-state index is 12.8. The van der Waals surface area contributed by atoms with Crippen molar-refractivity contribution in [3.63, 3.8) is 0 Å². The van der Waals surface area contributed by atoms with Gasteiger partial charge in [0.05, 0.1) is 25.2 Å². The molecule has 0 saturated carbocycles. The lowest BCUT2D eigenvalue weighted by molar-refractivity contribution is -0.160. The molecule has 4 heterocycles. The van der Waals surface area contributed by atoms with Crippen molar-refractivity contribution in [2.75, 3.05) is 33.2 Å². The van der Waals surface area contributed by atoms with Crippen LogP contribution >= 0.6 is 0 Å². The van der Waals surface area contributed by atoms with Crippen LogP contribution in [0.2, 0.25) is 0 Å². The van der Waals surface area contributed by atoms with E-state index in [1.165, 1.54) is 4.90 Å². The highest BCUT2D eigenvalue weighted by molar-refractivity contribution is 5.95. The molecule has 8 heteroatoms. The summed E-state index contributed by atoms with van der Waals surface area (Å²) in [5.74, 6) is -0.213. The summed E-state index contributed by atoms with van der Waals surface area (Å²) in [5, 5.41) is 0. The average molecular weight is 355 g/mol. The molecule has 0 radical (unpaired) electrons. The van der Waals surface area contributed by atoms with E-state index in [1.54, 1.807) is 23.0 Å². The fourth-order valence-electron chi connectivity index (χ4n) is 3.75. The molecule has 1 unspecified atom stereocenters. The second-order valence-corrected chi connectivity index (χ2v) is 6.95. The van der Waals surface area contributed by atoms with Crippen LogP contribution < -0.4 is 0 Å². The Bertz CT molecular complexity index is 905. The van der Waals surface area contributed by atoms with Crippen molar-refractivity contribution >= 4 is 23.4 Å². The molecular formula is C18H21N5O3. The number of amides is 3. The molecule has 2 aromatic rings. The lowest BCUT2D eigenvalue weighted by Crippen LogP contribution is -2.66. The highest BCUT2D eigenvalue weighted by Gasteiger charge is 2.42. The SMILES string of the molecule is Cc1cccn2c(CC(=O)N3CCN4C(=O)CN(C)C(=O)C4C3)cnc12. The van der Waals surface area contributed by atoms with E-state index in [-0.39, 0.29) is 37.2 Å². The van der Waals surface area contributed by atoms with Crippen LogP contribution in [0.1, 0.15) is 11.3 Å². The fraction of sp³-hybridized carbons (Fsp3) is 0.444. The minimum Gasteiger partial charge on any atom is -0.338 e. The van der Waals surface area contributed by atoms with Crippen molar-refractivity contribution in [1.29, 1.82) is 0 Å². The highest BCUT2D eigenvalue weighted by atomic mass is 16.2. The molecule has 2 fully saturated rings. The first-order valence-electron chi connectivity index (χ1n) is 8.69. The molecular weight excluding hydrogens is 334 g/mol. The summed E-state index contributed by atoms with van der Waals surface area (Å²) in [7, 11) is 1.62. The minimum absolute atomic E-state index is 0.0542. The predicted molar refractivity (Wildman–Crippen MR) is 93.4 cm³/mol. The van der Waals surface area contributed by atoms with Gasteiger partial charge in [0.2, 0.25) is 17.7 Å². The first-order chi connectivity index (χ1) is 12.5. The smallest absolute Gasteiger partial charge is 0.247 e. The van der Waals surface area contributed by atoms with Crippen LogP contribution in [-0.2, 0) is 20.8 Å². The van der Waals surface area contributed by atoms with Crippen LogP contribution in [0.4, 0.5) is 0 Å². The molecule has 1 atom stereocenters. The summed E-state index contributed by atoms with van der Waals surface area (Å²) in [6.45, 7) is 3.21. The first-order valence-corrected chi connectivity index (χ1v) is 8.69. The monoisotopic (exact) mass is 355 g/mol. The number of imidazole rings is 1. The molecule has 2 aromatic heterocycles. The number of carbonyl (C=O) groups excluding carboxylic acids is 3. The number of carbonyl (C=O) groups is 3. The van der Waals surface area contributed by atoms with Gasteiger partial charge in [-0.05, 0) is 18.6 Å². The number of likely N-dealkylation sites (N-methyl/N-ethyl adjacent to an activating group) is 1. The van der Waals surface area contributed by atoms with E-state index in [2.05, 4.69) is 4.98 Å². The van der Waals surface area contributed by atoms with E-state index in [1.807, 2.05) is 29.7 Å². The van der Waals surface area contributed by atoms with Gasteiger partial charge in [-0.25, -0.2) is 4.98 Å². The van der Waals surface area contributed by atoms with E-state index in [0.717, 1.165) is 16.9 Å². The normalized spacial score (nSPS) is 20.7. The number of hydrogen-bond donors (Lipinski definition) is 0. The number of piperazine rings is 2. The highest BCUT2D eigenvalue weighted by Crippen LogP contribution is 2.18. The third-order valence-corrected chi connectivity index (χ3v) is 5.23. The van der Waals surface area contributed by atoms with Crippen molar-refractivity contribution in [2.24, 2.45) is 0 Å². The average Bonchev–Trinajstić information content (AvgIpc) is 3.03. The van der Waals surface area contributed by atoms with E-state index < -0.39 is 6.04 Å². The number of aryl methyl sites for hydroxylation is 1. The largest absolute Gasteiger partial charge is 0.338 e. The van der Waals surface area contributed by atoms with Crippen LogP contribution in [0, 0.1) is 6.92 Å². The van der Waals surface area contributed by atoms with Crippen molar-refractivity contribution in [2.45, 2.75) is 19.4 Å². The van der Waals surface area contributed by atoms with Crippen molar-refractivity contribution in [3.05, 3.63) is 35.8 Å². The van der Waals surface area contributed by atoms with E-state index in [4.69, 9.17) is 0 Å². The van der Waals surface area contributed by atoms with Crippen LogP contribution in [0.5, 0.6) is 0 Å². The van der Waals surface area contributed by atoms with Gasteiger partial charge in [0.25, 0.3) is 0 Å². The Kier molecular flexibility index (Phi) is 3.90. The van der Waals surface area contributed by atoms with Gasteiger partial charge in [-0.3, -0.25) is 14.4 Å². The third-order valence-electron chi connectivity index (χ3n) is 5.23. The quantitative estimate of drug-likeness (QED) is 0.741. The molecule has 0 bridgehead atoms. The second-order valence-electron chi connectivity index (χ2n) is 6.95. The van der Waals surface area contributed by atoms with Crippen molar-refractivity contribution in [1.82, 2.24) is 24.1 Å². The summed E-state index contributed by atoms with van der Waals surface area (Å²) < 4.78 is 1.92. The Hall–Kier alpha value is -2.90. The zero-order valence-corrected chi connectivity index (χ0v) is 14.9. The van der Waals surface area contributed by atoms with Crippen LogP contribution in [0.3, 0.4) is 0 Å². The van der Waals surface area contributed by atoms with Crippen LogP contribution in [0.15, 0.2) is 24.5 Å².